The molecule has 2 aliphatic heterocycles. The monoisotopic (exact) mass is 275 g/mol. The van der Waals surface area contributed by atoms with Crippen molar-refractivity contribution in [2.75, 3.05) is 6.61 Å². The lowest BCUT2D eigenvalue weighted by atomic mass is 9.83. The number of hydrogen-bond acceptors (Lipinski definition) is 5. The maximum atomic E-state index is 12.2. The normalized spacial score (nSPS) is 31.8. The Hall–Kier alpha value is -1.88. The van der Waals surface area contributed by atoms with Crippen molar-refractivity contribution in [2.45, 2.75) is 37.5 Å². The van der Waals surface area contributed by atoms with E-state index in [2.05, 4.69) is 5.32 Å². The highest BCUT2D eigenvalue weighted by Crippen LogP contribution is 2.44. The second kappa shape index (κ2) is 4.90. The number of carbonyl (C=O) groups excluding carboxylic acids is 2. The van der Waals surface area contributed by atoms with Crippen molar-refractivity contribution < 1.29 is 19.1 Å². The van der Waals surface area contributed by atoms with E-state index >= 15 is 0 Å². The number of rotatable bonds is 3. The van der Waals surface area contributed by atoms with Gasteiger partial charge in [0, 0.05) is 12.5 Å². The zero-order valence-electron chi connectivity index (χ0n) is 11.3. The van der Waals surface area contributed by atoms with Crippen molar-refractivity contribution in [1.82, 2.24) is 5.32 Å². The van der Waals surface area contributed by atoms with E-state index in [9.17, 15) is 9.59 Å². The zero-order chi connectivity index (χ0) is 14.2. The van der Waals surface area contributed by atoms with E-state index in [-0.39, 0.29) is 18.0 Å². The summed E-state index contributed by atoms with van der Waals surface area (Å²) in [5, 5.41) is 3.19. The highest BCUT2D eigenvalue weighted by molar-refractivity contribution is 5.82. The molecule has 106 valence electrons. The molecule has 2 heterocycles. The number of hydrogen-bond donors (Lipinski definition) is 1. The molecule has 0 unspecified atom stereocenters. The molecule has 2 aliphatic rings. The number of ether oxygens (including phenoxy) is 2. The number of carbonyl (C=O) groups is 2. The summed E-state index contributed by atoms with van der Waals surface area (Å²) >= 11 is 0. The molecule has 0 amide bonds. The van der Waals surface area contributed by atoms with E-state index < -0.39 is 11.6 Å². The first-order chi connectivity index (χ1) is 9.65. The second-order valence-corrected chi connectivity index (χ2v) is 5.19. The molecule has 0 aromatic heterocycles. The first-order valence-corrected chi connectivity index (χ1v) is 6.86. The molecule has 2 fully saturated rings. The van der Waals surface area contributed by atoms with Gasteiger partial charge >= 0.3 is 11.9 Å². The molecule has 5 nitrogen and oxygen atoms in total. The van der Waals surface area contributed by atoms with Crippen LogP contribution in [0.3, 0.4) is 0 Å². The van der Waals surface area contributed by atoms with Crippen LogP contribution in [0.5, 0.6) is 0 Å². The lowest BCUT2D eigenvalue weighted by molar-refractivity contribution is -0.172. The van der Waals surface area contributed by atoms with Crippen molar-refractivity contribution in [3.8, 4) is 0 Å². The van der Waals surface area contributed by atoms with Crippen LogP contribution in [0.2, 0.25) is 0 Å². The minimum Gasteiger partial charge on any atom is -0.465 e. The Morgan fingerprint density at radius 3 is 2.90 bits per heavy atom. The van der Waals surface area contributed by atoms with Gasteiger partial charge in [-0.05, 0) is 12.5 Å². The van der Waals surface area contributed by atoms with Crippen LogP contribution in [-0.4, -0.2) is 30.6 Å². The SMILES string of the molecule is CCOC(=O)[C@H]1N[C@H]2CC(=O)O[C@]1(c1ccccc1)C2. The maximum Gasteiger partial charge on any atom is 0.327 e. The maximum absolute atomic E-state index is 12.2. The van der Waals surface area contributed by atoms with Gasteiger partial charge in [0.25, 0.3) is 0 Å². The largest absolute Gasteiger partial charge is 0.465 e. The summed E-state index contributed by atoms with van der Waals surface area (Å²) < 4.78 is 10.8. The molecule has 3 rings (SSSR count). The minimum atomic E-state index is -0.937. The van der Waals surface area contributed by atoms with E-state index in [0.717, 1.165) is 5.56 Å². The van der Waals surface area contributed by atoms with Crippen LogP contribution in [0.15, 0.2) is 30.3 Å². The van der Waals surface area contributed by atoms with Crippen molar-refractivity contribution in [3.05, 3.63) is 35.9 Å². The molecule has 5 heteroatoms. The van der Waals surface area contributed by atoms with Crippen LogP contribution in [0, 0.1) is 0 Å². The molecule has 20 heavy (non-hydrogen) atoms. The van der Waals surface area contributed by atoms with E-state index in [1.165, 1.54) is 0 Å². The fourth-order valence-corrected chi connectivity index (χ4v) is 3.14. The molecule has 3 atom stereocenters. The summed E-state index contributed by atoms with van der Waals surface area (Å²) in [4.78, 5) is 24.0. The smallest absolute Gasteiger partial charge is 0.327 e. The molecule has 0 radical (unpaired) electrons. The standard InChI is InChI=1S/C15H17NO4/c1-2-19-14(18)13-15(10-6-4-3-5-7-10)9-11(16-13)8-12(17)20-15/h3-7,11,13,16H,2,8-9H2,1H3/t11-,13+,15-/m0/s1. The van der Waals surface area contributed by atoms with Crippen molar-refractivity contribution in [2.24, 2.45) is 0 Å². The fourth-order valence-electron chi connectivity index (χ4n) is 3.14. The van der Waals surface area contributed by atoms with E-state index in [0.29, 0.717) is 19.4 Å². The van der Waals surface area contributed by atoms with Crippen LogP contribution in [0.1, 0.15) is 25.3 Å². The molecule has 0 spiro atoms. The zero-order valence-corrected chi connectivity index (χ0v) is 11.3. The minimum absolute atomic E-state index is 0.0362. The summed E-state index contributed by atoms with van der Waals surface area (Å²) in [5.74, 6) is -0.641. The summed E-state index contributed by atoms with van der Waals surface area (Å²) in [6.45, 7) is 2.07. The summed E-state index contributed by atoms with van der Waals surface area (Å²) in [5.41, 5.74) is -0.103. The van der Waals surface area contributed by atoms with E-state index in [1.54, 1.807) is 6.92 Å². The molecular formula is C15H17NO4. The molecule has 1 aromatic rings. The van der Waals surface area contributed by atoms with Gasteiger partial charge in [0.15, 0.2) is 11.6 Å². The highest BCUT2D eigenvalue weighted by atomic mass is 16.6. The van der Waals surface area contributed by atoms with Crippen LogP contribution in [0.25, 0.3) is 0 Å². The quantitative estimate of drug-likeness (QED) is 0.838. The molecule has 1 aromatic carbocycles. The lowest BCUT2D eigenvalue weighted by Gasteiger charge is -2.35. The molecule has 1 N–H and O–H groups in total. The molecular weight excluding hydrogens is 258 g/mol. The van der Waals surface area contributed by atoms with Crippen molar-refractivity contribution >= 4 is 11.9 Å². The van der Waals surface area contributed by atoms with Gasteiger partial charge < -0.3 is 9.47 Å². The summed E-state index contributed by atoms with van der Waals surface area (Å²) in [7, 11) is 0. The van der Waals surface area contributed by atoms with Crippen molar-refractivity contribution in [1.29, 1.82) is 0 Å². The predicted octanol–water partition coefficient (Wildman–Crippen LogP) is 1.12. The third-order valence-corrected chi connectivity index (χ3v) is 3.91. The first-order valence-electron chi connectivity index (χ1n) is 6.86. The van der Waals surface area contributed by atoms with Crippen LogP contribution < -0.4 is 5.32 Å². The third kappa shape index (κ3) is 1.98. The van der Waals surface area contributed by atoms with E-state index in [4.69, 9.17) is 9.47 Å². The van der Waals surface area contributed by atoms with Gasteiger partial charge in [-0.3, -0.25) is 14.9 Å². The predicted molar refractivity (Wildman–Crippen MR) is 70.8 cm³/mol. The number of nitrogens with one attached hydrogen (secondary N) is 1. The Morgan fingerprint density at radius 1 is 1.45 bits per heavy atom. The Balaban J connectivity index is 2.02. The number of benzene rings is 1. The van der Waals surface area contributed by atoms with E-state index in [1.807, 2.05) is 30.3 Å². The van der Waals surface area contributed by atoms with Gasteiger partial charge in [0.1, 0.15) is 0 Å². The van der Waals surface area contributed by atoms with Crippen LogP contribution in [0.4, 0.5) is 0 Å². The van der Waals surface area contributed by atoms with Gasteiger partial charge in [0.2, 0.25) is 0 Å². The number of fused-ring (bicyclic) bond motifs is 2. The molecule has 2 bridgehead atoms. The topological polar surface area (TPSA) is 64.6 Å². The Morgan fingerprint density at radius 2 is 2.20 bits per heavy atom. The highest BCUT2D eigenvalue weighted by Gasteiger charge is 2.58. The number of esters is 2. The Labute approximate surface area is 117 Å². The Bertz CT molecular complexity index is 530. The van der Waals surface area contributed by atoms with Gasteiger partial charge in [-0.2, -0.15) is 0 Å². The average Bonchev–Trinajstić information content (AvgIpc) is 2.73. The van der Waals surface area contributed by atoms with Crippen molar-refractivity contribution in [3.63, 3.8) is 0 Å². The third-order valence-electron chi connectivity index (χ3n) is 3.91. The second-order valence-electron chi connectivity index (χ2n) is 5.19. The Kier molecular flexibility index (Phi) is 3.22. The van der Waals surface area contributed by atoms with Crippen LogP contribution >= 0.6 is 0 Å². The molecule has 2 saturated heterocycles. The first kappa shape index (κ1) is 13.1. The molecule has 0 aliphatic carbocycles. The van der Waals surface area contributed by atoms with Crippen LogP contribution in [-0.2, 0) is 24.7 Å². The summed E-state index contributed by atoms with van der Waals surface area (Å²) in [6, 6.07) is 8.74. The molecule has 0 saturated carbocycles. The average molecular weight is 275 g/mol. The van der Waals surface area contributed by atoms with Gasteiger partial charge in [-0.15, -0.1) is 0 Å². The van der Waals surface area contributed by atoms with Gasteiger partial charge in [-0.1, -0.05) is 30.3 Å². The fraction of sp³-hybridized carbons (Fsp3) is 0.467. The van der Waals surface area contributed by atoms with Gasteiger partial charge in [0.05, 0.1) is 13.0 Å². The summed E-state index contributed by atoms with van der Waals surface area (Å²) in [6.07, 6.45) is 0.900. The van der Waals surface area contributed by atoms with Gasteiger partial charge in [-0.25, -0.2) is 0 Å². The lowest BCUT2D eigenvalue weighted by Crippen LogP contribution is -2.49.